The lowest BCUT2D eigenvalue weighted by molar-refractivity contribution is -0.138. The van der Waals surface area contributed by atoms with E-state index in [1.54, 1.807) is 31.2 Å². The van der Waals surface area contributed by atoms with E-state index >= 15 is 0 Å². The molecule has 2 N–H and O–H groups in total. The highest BCUT2D eigenvalue weighted by atomic mass is 16.4. The van der Waals surface area contributed by atoms with E-state index in [4.69, 9.17) is 5.11 Å². The zero-order valence-electron chi connectivity index (χ0n) is 12.3. The fourth-order valence-electron chi connectivity index (χ4n) is 2.12. The Bertz CT molecular complexity index is 453. The predicted octanol–water partition coefficient (Wildman–Crippen LogP) is 3.64. The lowest BCUT2D eigenvalue weighted by atomic mass is 10.0. The minimum absolute atomic E-state index is 0.00461. The van der Waals surface area contributed by atoms with Crippen molar-refractivity contribution in [2.45, 2.75) is 46.0 Å². The van der Waals surface area contributed by atoms with Crippen molar-refractivity contribution in [2.24, 2.45) is 5.92 Å². The lowest BCUT2D eigenvalue weighted by Gasteiger charge is -2.11. The van der Waals surface area contributed by atoms with Crippen LogP contribution in [-0.4, -0.2) is 17.0 Å². The number of aliphatic carboxylic acids is 1. The standard InChI is InChI=1S/C16H23NO3/c1-4-5-11(2)10-15(18)17-14-8-6-13(7-9-14)12(3)16(19)20/h6-9,11-12H,4-5,10H2,1-3H3,(H,17,18)(H,19,20). The molecule has 0 radical (unpaired) electrons. The van der Waals surface area contributed by atoms with Crippen molar-refractivity contribution in [1.82, 2.24) is 0 Å². The summed E-state index contributed by atoms with van der Waals surface area (Å²) in [6.45, 7) is 5.82. The molecule has 20 heavy (non-hydrogen) atoms. The zero-order chi connectivity index (χ0) is 15.1. The number of carboxylic acids is 1. The molecule has 1 amide bonds. The monoisotopic (exact) mass is 277 g/mol. The van der Waals surface area contributed by atoms with Crippen molar-refractivity contribution in [3.63, 3.8) is 0 Å². The molecule has 0 saturated heterocycles. The Labute approximate surface area is 120 Å². The number of hydrogen-bond acceptors (Lipinski definition) is 2. The van der Waals surface area contributed by atoms with Gasteiger partial charge in [-0.15, -0.1) is 0 Å². The molecule has 0 fully saturated rings. The molecule has 0 aliphatic rings. The maximum absolute atomic E-state index is 11.8. The Morgan fingerprint density at radius 1 is 1.20 bits per heavy atom. The van der Waals surface area contributed by atoms with E-state index in [2.05, 4.69) is 19.2 Å². The summed E-state index contributed by atoms with van der Waals surface area (Å²) in [4.78, 5) is 22.7. The number of rotatable bonds is 7. The average Bonchev–Trinajstić information content (AvgIpc) is 2.38. The van der Waals surface area contributed by atoms with Gasteiger partial charge in [0.25, 0.3) is 0 Å². The molecule has 0 bridgehead atoms. The quantitative estimate of drug-likeness (QED) is 0.799. The molecule has 1 aromatic carbocycles. The molecule has 0 aliphatic carbocycles. The first-order chi connectivity index (χ1) is 9.43. The number of carbonyl (C=O) groups excluding carboxylic acids is 1. The minimum Gasteiger partial charge on any atom is -0.481 e. The van der Waals surface area contributed by atoms with E-state index in [1.807, 2.05) is 0 Å². The molecule has 1 rings (SSSR count). The Morgan fingerprint density at radius 2 is 1.80 bits per heavy atom. The van der Waals surface area contributed by atoms with Crippen LogP contribution in [0.1, 0.15) is 51.5 Å². The number of anilines is 1. The van der Waals surface area contributed by atoms with Crippen molar-refractivity contribution in [1.29, 1.82) is 0 Å². The minimum atomic E-state index is -0.852. The van der Waals surface area contributed by atoms with Gasteiger partial charge in [-0.05, 0) is 30.5 Å². The van der Waals surface area contributed by atoms with Crippen LogP contribution in [0.25, 0.3) is 0 Å². The SMILES string of the molecule is CCCC(C)CC(=O)Nc1ccc(C(C)C(=O)O)cc1. The second-order valence-electron chi connectivity index (χ2n) is 5.33. The smallest absolute Gasteiger partial charge is 0.310 e. The number of benzene rings is 1. The fourth-order valence-corrected chi connectivity index (χ4v) is 2.12. The van der Waals surface area contributed by atoms with Gasteiger partial charge in [-0.3, -0.25) is 9.59 Å². The van der Waals surface area contributed by atoms with Crippen LogP contribution in [-0.2, 0) is 9.59 Å². The summed E-state index contributed by atoms with van der Waals surface area (Å²) in [6, 6.07) is 6.97. The van der Waals surface area contributed by atoms with Crippen molar-refractivity contribution in [3.8, 4) is 0 Å². The van der Waals surface area contributed by atoms with E-state index in [0.29, 0.717) is 18.0 Å². The number of carbonyl (C=O) groups is 2. The van der Waals surface area contributed by atoms with E-state index in [1.165, 1.54) is 0 Å². The van der Waals surface area contributed by atoms with Gasteiger partial charge in [0.15, 0.2) is 0 Å². The second kappa shape index (κ2) is 7.68. The van der Waals surface area contributed by atoms with Crippen LogP contribution in [0.15, 0.2) is 24.3 Å². The number of hydrogen-bond donors (Lipinski definition) is 2. The van der Waals surface area contributed by atoms with E-state index < -0.39 is 11.9 Å². The van der Waals surface area contributed by atoms with Crippen LogP contribution in [0.4, 0.5) is 5.69 Å². The Morgan fingerprint density at radius 3 is 2.30 bits per heavy atom. The molecule has 0 aliphatic heterocycles. The maximum atomic E-state index is 11.8. The van der Waals surface area contributed by atoms with Crippen molar-refractivity contribution < 1.29 is 14.7 Å². The Kier molecular flexibility index (Phi) is 6.22. The molecule has 0 saturated carbocycles. The molecule has 0 aromatic heterocycles. The summed E-state index contributed by atoms with van der Waals surface area (Å²) < 4.78 is 0. The highest BCUT2D eigenvalue weighted by Crippen LogP contribution is 2.19. The Balaban J connectivity index is 2.57. The van der Waals surface area contributed by atoms with Gasteiger partial charge in [0.2, 0.25) is 5.91 Å². The molecule has 4 heteroatoms. The van der Waals surface area contributed by atoms with E-state index in [9.17, 15) is 9.59 Å². The molecular weight excluding hydrogens is 254 g/mol. The van der Waals surface area contributed by atoms with Gasteiger partial charge in [0.1, 0.15) is 0 Å². The van der Waals surface area contributed by atoms with Gasteiger partial charge in [0.05, 0.1) is 5.92 Å². The van der Waals surface area contributed by atoms with E-state index in [-0.39, 0.29) is 5.91 Å². The third-order valence-corrected chi connectivity index (χ3v) is 3.38. The normalized spacial score (nSPS) is 13.6. The van der Waals surface area contributed by atoms with Crippen LogP contribution < -0.4 is 5.32 Å². The summed E-state index contributed by atoms with van der Waals surface area (Å²) in [6.07, 6.45) is 2.64. The Hall–Kier alpha value is -1.84. The van der Waals surface area contributed by atoms with Gasteiger partial charge in [-0.2, -0.15) is 0 Å². The highest BCUT2D eigenvalue weighted by molar-refractivity contribution is 5.90. The van der Waals surface area contributed by atoms with Crippen LogP contribution in [0.5, 0.6) is 0 Å². The molecule has 2 unspecified atom stereocenters. The van der Waals surface area contributed by atoms with E-state index in [0.717, 1.165) is 18.4 Å². The van der Waals surface area contributed by atoms with Gasteiger partial charge >= 0.3 is 5.97 Å². The number of carboxylic acid groups (broad SMARTS) is 1. The maximum Gasteiger partial charge on any atom is 0.310 e. The van der Waals surface area contributed by atoms with Crippen molar-refractivity contribution in [2.75, 3.05) is 5.32 Å². The summed E-state index contributed by atoms with van der Waals surface area (Å²) in [5, 5.41) is 11.8. The average molecular weight is 277 g/mol. The third-order valence-electron chi connectivity index (χ3n) is 3.38. The zero-order valence-corrected chi connectivity index (χ0v) is 12.3. The van der Waals surface area contributed by atoms with Crippen LogP contribution in [0.3, 0.4) is 0 Å². The summed E-state index contributed by atoms with van der Waals surface area (Å²) in [5.74, 6) is -1.00. The number of amides is 1. The molecule has 2 atom stereocenters. The second-order valence-corrected chi connectivity index (χ2v) is 5.33. The molecule has 4 nitrogen and oxygen atoms in total. The highest BCUT2D eigenvalue weighted by Gasteiger charge is 2.13. The fraction of sp³-hybridized carbons (Fsp3) is 0.500. The van der Waals surface area contributed by atoms with Gasteiger partial charge < -0.3 is 10.4 Å². The number of nitrogens with one attached hydrogen (secondary N) is 1. The largest absolute Gasteiger partial charge is 0.481 e. The van der Waals surface area contributed by atoms with Crippen molar-refractivity contribution >= 4 is 17.6 Å². The predicted molar refractivity (Wildman–Crippen MR) is 79.8 cm³/mol. The first-order valence-electron chi connectivity index (χ1n) is 7.06. The van der Waals surface area contributed by atoms with Crippen molar-refractivity contribution in [3.05, 3.63) is 29.8 Å². The molecular formula is C16H23NO3. The molecule has 1 aromatic rings. The third kappa shape index (κ3) is 5.03. The lowest BCUT2D eigenvalue weighted by Crippen LogP contribution is -2.15. The topological polar surface area (TPSA) is 66.4 Å². The first kappa shape index (κ1) is 16.2. The van der Waals surface area contributed by atoms with Gasteiger partial charge in [-0.25, -0.2) is 0 Å². The summed E-state index contributed by atoms with van der Waals surface area (Å²) >= 11 is 0. The summed E-state index contributed by atoms with van der Waals surface area (Å²) in [7, 11) is 0. The molecule has 0 heterocycles. The molecule has 0 spiro atoms. The van der Waals surface area contributed by atoms with Gasteiger partial charge in [-0.1, -0.05) is 38.8 Å². The van der Waals surface area contributed by atoms with Gasteiger partial charge in [0, 0.05) is 12.1 Å². The molecule has 110 valence electrons. The van der Waals surface area contributed by atoms with Crippen LogP contribution >= 0.6 is 0 Å². The van der Waals surface area contributed by atoms with Crippen LogP contribution in [0, 0.1) is 5.92 Å². The first-order valence-corrected chi connectivity index (χ1v) is 7.06. The van der Waals surface area contributed by atoms with Crippen LogP contribution in [0.2, 0.25) is 0 Å². The summed E-state index contributed by atoms with van der Waals surface area (Å²) in [5.41, 5.74) is 1.44.